The second-order valence-electron chi connectivity index (χ2n) is 6.18. The van der Waals surface area contributed by atoms with E-state index in [2.05, 4.69) is 16.8 Å². The van der Waals surface area contributed by atoms with Gasteiger partial charge in [0, 0.05) is 19.6 Å². The van der Waals surface area contributed by atoms with E-state index in [1.165, 1.54) is 4.90 Å². The Balaban J connectivity index is 1.76. The van der Waals surface area contributed by atoms with Crippen LogP contribution < -0.4 is 9.64 Å². The van der Waals surface area contributed by atoms with Crippen molar-refractivity contribution in [2.24, 2.45) is 0 Å². The number of amides is 2. The van der Waals surface area contributed by atoms with Crippen LogP contribution in [-0.4, -0.2) is 68.0 Å². The molecule has 0 spiro atoms. The number of rotatable bonds is 3. The molecule has 2 heterocycles. The van der Waals surface area contributed by atoms with Crippen molar-refractivity contribution in [1.82, 2.24) is 9.80 Å². The first kappa shape index (κ1) is 16.0. The number of carbonyl (C=O) groups is 2. The minimum absolute atomic E-state index is 0.107. The van der Waals surface area contributed by atoms with Crippen molar-refractivity contribution in [2.45, 2.75) is 18.9 Å². The van der Waals surface area contributed by atoms with Crippen LogP contribution in [-0.2, 0) is 9.59 Å². The Labute approximate surface area is 136 Å². The lowest BCUT2D eigenvalue weighted by Crippen LogP contribution is -2.43. The third kappa shape index (κ3) is 3.23. The maximum absolute atomic E-state index is 12.8. The largest absolute Gasteiger partial charge is 0.497 e. The average molecular weight is 317 g/mol. The molecule has 2 aliphatic rings. The number of imide groups is 1. The van der Waals surface area contributed by atoms with E-state index in [4.69, 9.17) is 4.74 Å². The van der Waals surface area contributed by atoms with Crippen LogP contribution in [0.3, 0.4) is 0 Å². The second kappa shape index (κ2) is 6.68. The predicted molar refractivity (Wildman–Crippen MR) is 87.6 cm³/mol. The molecule has 1 aromatic carbocycles. The fourth-order valence-corrected chi connectivity index (χ4v) is 3.28. The van der Waals surface area contributed by atoms with E-state index in [1.807, 2.05) is 0 Å². The fraction of sp³-hybridized carbons (Fsp3) is 0.529. The van der Waals surface area contributed by atoms with Crippen molar-refractivity contribution in [3.63, 3.8) is 0 Å². The van der Waals surface area contributed by atoms with Gasteiger partial charge >= 0.3 is 0 Å². The number of hydrogen-bond donors (Lipinski definition) is 0. The summed E-state index contributed by atoms with van der Waals surface area (Å²) in [6.07, 6.45) is 1.30. The Morgan fingerprint density at radius 1 is 1.04 bits per heavy atom. The highest BCUT2D eigenvalue weighted by atomic mass is 16.5. The van der Waals surface area contributed by atoms with Crippen LogP contribution >= 0.6 is 0 Å². The molecule has 6 nitrogen and oxygen atoms in total. The molecular formula is C17H23N3O3. The van der Waals surface area contributed by atoms with E-state index in [9.17, 15) is 9.59 Å². The second-order valence-corrected chi connectivity index (χ2v) is 6.18. The lowest BCUT2D eigenvalue weighted by molar-refractivity contribution is -0.122. The average Bonchev–Trinajstić information content (AvgIpc) is 2.72. The zero-order chi connectivity index (χ0) is 16.4. The number of benzene rings is 1. The number of hydrogen-bond acceptors (Lipinski definition) is 5. The minimum atomic E-state index is -0.323. The summed E-state index contributed by atoms with van der Waals surface area (Å²) in [5, 5.41) is 0. The Kier molecular flexibility index (Phi) is 4.63. The molecule has 23 heavy (non-hydrogen) atoms. The third-order valence-corrected chi connectivity index (χ3v) is 4.65. The van der Waals surface area contributed by atoms with Gasteiger partial charge in [-0.2, -0.15) is 0 Å². The van der Waals surface area contributed by atoms with Crippen LogP contribution in [0.15, 0.2) is 24.3 Å². The van der Waals surface area contributed by atoms with Gasteiger partial charge in [-0.05, 0) is 44.3 Å². The first-order chi connectivity index (χ1) is 11.1. The molecule has 0 bridgehead atoms. The van der Waals surface area contributed by atoms with Crippen molar-refractivity contribution in [1.29, 1.82) is 0 Å². The van der Waals surface area contributed by atoms with Crippen LogP contribution in [0.5, 0.6) is 5.75 Å². The van der Waals surface area contributed by atoms with Crippen molar-refractivity contribution in [3.05, 3.63) is 24.3 Å². The van der Waals surface area contributed by atoms with Crippen molar-refractivity contribution in [2.75, 3.05) is 45.2 Å². The highest BCUT2D eigenvalue weighted by Crippen LogP contribution is 2.27. The molecule has 0 saturated carbocycles. The molecule has 124 valence electrons. The van der Waals surface area contributed by atoms with Gasteiger partial charge in [0.2, 0.25) is 5.91 Å². The molecule has 0 aliphatic carbocycles. The van der Waals surface area contributed by atoms with Crippen molar-refractivity contribution < 1.29 is 14.3 Å². The van der Waals surface area contributed by atoms with E-state index < -0.39 is 0 Å². The van der Waals surface area contributed by atoms with E-state index in [0.717, 1.165) is 32.6 Å². The van der Waals surface area contributed by atoms with Gasteiger partial charge in [0.1, 0.15) is 5.75 Å². The van der Waals surface area contributed by atoms with E-state index in [1.54, 1.807) is 31.4 Å². The third-order valence-electron chi connectivity index (χ3n) is 4.65. The highest BCUT2D eigenvalue weighted by molar-refractivity contribution is 6.22. The van der Waals surface area contributed by atoms with Crippen LogP contribution in [0.1, 0.15) is 12.8 Å². The summed E-state index contributed by atoms with van der Waals surface area (Å²) >= 11 is 0. The predicted octanol–water partition coefficient (Wildman–Crippen LogP) is 0.965. The fourth-order valence-electron chi connectivity index (χ4n) is 3.28. The highest BCUT2D eigenvalue weighted by Gasteiger charge is 2.42. The van der Waals surface area contributed by atoms with Crippen LogP contribution in [0.2, 0.25) is 0 Å². The molecule has 3 rings (SSSR count). The molecule has 2 amide bonds. The molecule has 1 aromatic rings. The number of ether oxygens (including phenoxy) is 1. The zero-order valence-corrected chi connectivity index (χ0v) is 13.7. The van der Waals surface area contributed by atoms with Gasteiger partial charge in [-0.15, -0.1) is 0 Å². The maximum Gasteiger partial charge on any atom is 0.251 e. The Morgan fingerprint density at radius 3 is 2.48 bits per heavy atom. The summed E-state index contributed by atoms with van der Waals surface area (Å²) in [6, 6.07) is 6.73. The normalized spacial score (nSPS) is 24.1. The standard InChI is InChI=1S/C17H23N3O3/c1-18-8-3-9-19(11-10-18)15-12-16(21)20(17(15)22)13-4-6-14(23-2)7-5-13/h4-7,15H,3,8-12H2,1-2H3/t15-/m0/s1. The lowest BCUT2D eigenvalue weighted by Gasteiger charge is -2.25. The molecule has 6 heteroatoms. The van der Waals surface area contributed by atoms with E-state index >= 15 is 0 Å². The topological polar surface area (TPSA) is 53.1 Å². The summed E-state index contributed by atoms with van der Waals surface area (Å²) in [7, 11) is 3.68. The van der Waals surface area contributed by atoms with Gasteiger partial charge in [0.25, 0.3) is 5.91 Å². The molecular weight excluding hydrogens is 294 g/mol. The Morgan fingerprint density at radius 2 is 1.78 bits per heavy atom. The van der Waals surface area contributed by atoms with Gasteiger partial charge in [-0.1, -0.05) is 0 Å². The molecule has 2 saturated heterocycles. The van der Waals surface area contributed by atoms with Crippen molar-refractivity contribution >= 4 is 17.5 Å². The summed E-state index contributed by atoms with van der Waals surface area (Å²) in [6.45, 7) is 3.66. The molecule has 0 aromatic heterocycles. The number of anilines is 1. The van der Waals surface area contributed by atoms with Crippen molar-refractivity contribution in [3.8, 4) is 5.75 Å². The van der Waals surface area contributed by atoms with Gasteiger partial charge in [-0.3, -0.25) is 14.5 Å². The number of likely N-dealkylation sites (N-methyl/N-ethyl adjacent to an activating group) is 1. The van der Waals surface area contributed by atoms with Gasteiger partial charge in [0.05, 0.1) is 25.3 Å². The summed E-state index contributed by atoms with van der Waals surface area (Å²) in [5.41, 5.74) is 0.621. The van der Waals surface area contributed by atoms with Gasteiger partial charge < -0.3 is 9.64 Å². The molecule has 1 atom stereocenters. The number of carbonyl (C=O) groups excluding carboxylic acids is 2. The summed E-state index contributed by atoms with van der Waals surface area (Å²) in [5.74, 6) is 0.479. The Hall–Kier alpha value is -1.92. The van der Waals surface area contributed by atoms with E-state index in [-0.39, 0.29) is 24.3 Å². The minimum Gasteiger partial charge on any atom is -0.497 e. The smallest absolute Gasteiger partial charge is 0.251 e. The van der Waals surface area contributed by atoms with Crippen LogP contribution in [0, 0.1) is 0 Å². The first-order valence-electron chi connectivity index (χ1n) is 8.03. The van der Waals surface area contributed by atoms with Crippen LogP contribution in [0.4, 0.5) is 5.69 Å². The molecule has 0 N–H and O–H groups in total. The first-order valence-corrected chi connectivity index (χ1v) is 8.03. The summed E-state index contributed by atoms with van der Waals surface area (Å²) in [4.78, 5) is 30.9. The molecule has 2 aliphatic heterocycles. The molecule has 2 fully saturated rings. The Bertz CT molecular complexity index is 587. The van der Waals surface area contributed by atoms with E-state index in [0.29, 0.717) is 11.4 Å². The van der Waals surface area contributed by atoms with Gasteiger partial charge in [0.15, 0.2) is 0 Å². The van der Waals surface area contributed by atoms with Crippen LogP contribution in [0.25, 0.3) is 0 Å². The summed E-state index contributed by atoms with van der Waals surface area (Å²) < 4.78 is 5.12. The molecule has 0 radical (unpaired) electrons. The molecule has 0 unspecified atom stereocenters. The maximum atomic E-state index is 12.8. The quantitative estimate of drug-likeness (QED) is 0.778. The lowest BCUT2D eigenvalue weighted by atomic mass is 10.2. The number of methoxy groups -OCH3 is 1. The van der Waals surface area contributed by atoms with Gasteiger partial charge in [-0.25, -0.2) is 4.90 Å². The monoisotopic (exact) mass is 317 g/mol. The zero-order valence-electron chi connectivity index (χ0n) is 13.7. The number of nitrogens with zero attached hydrogens (tertiary/aromatic N) is 3. The SMILES string of the molecule is COc1ccc(N2C(=O)C[C@H](N3CCCN(C)CC3)C2=O)cc1.